The van der Waals surface area contributed by atoms with Gasteiger partial charge in [0.05, 0.1) is 17.1 Å². The van der Waals surface area contributed by atoms with E-state index in [0.717, 1.165) is 24.3 Å². The topological polar surface area (TPSA) is 105 Å². The summed E-state index contributed by atoms with van der Waals surface area (Å²) in [5.74, 6) is -4.12. The quantitative estimate of drug-likeness (QED) is 0.416. The number of nitrogens with zero attached hydrogens (tertiary/aromatic N) is 4. The molecular formula is C25H26F4N4O5S. The predicted octanol–water partition coefficient (Wildman–Crippen LogP) is 2.76. The molecule has 1 N–H and O–H groups in total. The number of benzene rings is 2. The van der Waals surface area contributed by atoms with Crippen molar-refractivity contribution in [3.05, 3.63) is 81.8 Å². The van der Waals surface area contributed by atoms with Crippen molar-refractivity contribution in [3.63, 3.8) is 0 Å². The van der Waals surface area contributed by atoms with Crippen LogP contribution in [0.1, 0.15) is 25.5 Å². The van der Waals surface area contributed by atoms with Gasteiger partial charge in [0.15, 0.2) is 0 Å². The molecule has 2 aromatic carbocycles. The molecule has 2 heterocycles. The number of halogens is 4. The van der Waals surface area contributed by atoms with Gasteiger partial charge in [0.1, 0.15) is 41.7 Å². The lowest BCUT2D eigenvalue weighted by Crippen LogP contribution is -2.50. The molecule has 1 aliphatic heterocycles. The van der Waals surface area contributed by atoms with Gasteiger partial charge >= 0.3 is 5.56 Å². The smallest absolute Gasteiger partial charge is 0.316 e. The first kappa shape index (κ1) is 28.5. The molecule has 1 aromatic heterocycles. The minimum atomic E-state index is -3.51. The Morgan fingerprint density at radius 1 is 0.974 bits per heavy atom. The Labute approximate surface area is 221 Å². The minimum absolute atomic E-state index is 0.113. The number of rotatable bonds is 8. The van der Waals surface area contributed by atoms with Gasteiger partial charge in [-0.1, -0.05) is 6.07 Å². The Hall–Kier alpha value is -3.49. The molecule has 0 spiro atoms. The highest BCUT2D eigenvalue weighted by molar-refractivity contribution is 7.89. The van der Waals surface area contributed by atoms with Gasteiger partial charge in [0.25, 0.3) is 0 Å². The van der Waals surface area contributed by atoms with Gasteiger partial charge in [-0.3, -0.25) is 4.79 Å². The van der Waals surface area contributed by atoms with Crippen molar-refractivity contribution in [3.8, 4) is 11.4 Å². The summed E-state index contributed by atoms with van der Waals surface area (Å²) in [4.78, 5) is 15.1. The van der Waals surface area contributed by atoms with E-state index in [4.69, 9.17) is 4.74 Å². The third-order valence-corrected chi connectivity index (χ3v) is 8.52. The maximum atomic E-state index is 14.2. The average Bonchev–Trinajstić information content (AvgIpc) is 2.87. The number of hydrogen-bond acceptors (Lipinski definition) is 7. The monoisotopic (exact) mass is 570 g/mol. The van der Waals surface area contributed by atoms with Crippen LogP contribution in [-0.2, 0) is 10.0 Å². The summed E-state index contributed by atoms with van der Waals surface area (Å²) < 4.78 is 87.9. The molecule has 9 nitrogen and oxygen atoms in total. The van der Waals surface area contributed by atoms with Crippen LogP contribution in [0.5, 0.6) is 5.75 Å². The highest BCUT2D eigenvalue weighted by Gasteiger charge is 2.31. The Morgan fingerprint density at radius 3 is 2.21 bits per heavy atom. The number of aliphatic hydroxyl groups excluding tert-OH is 1. The van der Waals surface area contributed by atoms with Crippen molar-refractivity contribution in [1.29, 1.82) is 0 Å². The molecule has 1 unspecified atom stereocenters. The van der Waals surface area contributed by atoms with Gasteiger partial charge in [-0.05, 0) is 32.0 Å². The van der Waals surface area contributed by atoms with Crippen LogP contribution < -0.4 is 15.2 Å². The van der Waals surface area contributed by atoms with Crippen LogP contribution in [-0.4, -0.2) is 65.6 Å². The molecule has 1 aliphatic rings. The van der Waals surface area contributed by atoms with Crippen LogP contribution in [0.2, 0.25) is 0 Å². The number of aliphatic hydroxyl groups is 1. The van der Waals surface area contributed by atoms with E-state index in [-0.39, 0.29) is 48.9 Å². The first-order valence-corrected chi connectivity index (χ1v) is 13.5. The van der Waals surface area contributed by atoms with Gasteiger partial charge in [0, 0.05) is 43.9 Å². The number of sulfonamides is 1. The van der Waals surface area contributed by atoms with Crippen molar-refractivity contribution in [2.75, 3.05) is 37.7 Å². The van der Waals surface area contributed by atoms with E-state index in [1.54, 1.807) is 18.7 Å². The van der Waals surface area contributed by atoms with Gasteiger partial charge in [0.2, 0.25) is 15.8 Å². The fraction of sp³-hybridized carbons (Fsp3) is 0.360. The summed E-state index contributed by atoms with van der Waals surface area (Å²) >= 11 is 0. The highest BCUT2D eigenvalue weighted by Crippen LogP contribution is 2.28. The molecule has 4 rings (SSSR count). The summed E-state index contributed by atoms with van der Waals surface area (Å²) in [7, 11) is -3.51. The van der Waals surface area contributed by atoms with Crippen LogP contribution in [0.15, 0.2) is 47.4 Å². The maximum Gasteiger partial charge on any atom is 0.316 e. The van der Waals surface area contributed by atoms with Crippen molar-refractivity contribution in [1.82, 2.24) is 14.1 Å². The summed E-state index contributed by atoms with van der Waals surface area (Å²) in [5.41, 5.74) is -1.29. The van der Waals surface area contributed by atoms with Gasteiger partial charge in [-0.2, -0.15) is 14.1 Å². The molecular weight excluding hydrogens is 544 g/mol. The molecule has 0 bridgehead atoms. The maximum absolute atomic E-state index is 14.2. The minimum Gasteiger partial charge on any atom is -0.483 e. The third kappa shape index (κ3) is 6.07. The second-order valence-electron chi connectivity index (χ2n) is 9.18. The van der Waals surface area contributed by atoms with E-state index in [1.165, 1.54) is 10.5 Å². The van der Waals surface area contributed by atoms with Crippen molar-refractivity contribution >= 4 is 15.7 Å². The molecule has 14 heteroatoms. The lowest BCUT2D eigenvalue weighted by molar-refractivity contribution is 0.104. The summed E-state index contributed by atoms with van der Waals surface area (Å²) in [6.07, 6.45) is -0.379. The van der Waals surface area contributed by atoms with E-state index in [9.17, 15) is 35.9 Å². The summed E-state index contributed by atoms with van der Waals surface area (Å²) in [6.45, 7) is 3.06. The molecule has 0 aliphatic carbocycles. The Bertz CT molecular complexity index is 1510. The van der Waals surface area contributed by atoms with Crippen LogP contribution in [0.4, 0.5) is 23.2 Å². The highest BCUT2D eigenvalue weighted by atomic mass is 32.2. The predicted molar refractivity (Wildman–Crippen MR) is 134 cm³/mol. The zero-order chi connectivity index (χ0) is 28.5. The lowest BCUT2D eigenvalue weighted by Gasteiger charge is -2.36. The summed E-state index contributed by atoms with van der Waals surface area (Å²) in [6, 6.07) is 4.98. The first-order valence-electron chi connectivity index (χ1n) is 12.0. The fourth-order valence-corrected chi connectivity index (χ4v) is 5.41. The number of anilines is 1. The number of aromatic nitrogens is 2. The second kappa shape index (κ2) is 11.3. The van der Waals surface area contributed by atoms with E-state index < -0.39 is 56.8 Å². The van der Waals surface area contributed by atoms with E-state index >= 15 is 0 Å². The Morgan fingerprint density at radius 2 is 1.62 bits per heavy atom. The fourth-order valence-electron chi connectivity index (χ4n) is 4.14. The Balaban J connectivity index is 1.68. The number of piperazine rings is 1. The Kier molecular flexibility index (Phi) is 8.28. The van der Waals surface area contributed by atoms with E-state index in [2.05, 4.69) is 5.10 Å². The summed E-state index contributed by atoms with van der Waals surface area (Å²) in [5, 5.41) is 13.9. The number of hydrogen-bond donors (Lipinski definition) is 1. The van der Waals surface area contributed by atoms with Crippen LogP contribution in [0, 0.1) is 23.3 Å². The van der Waals surface area contributed by atoms with Crippen LogP contribution in [0.3, 0.4) is 0 Å². The van der Waals surface area contributed by atoms with Gasteiger partial charge in [-0.15, -0.1) is 0 Å². The van der Waals surface area contributed by atoms with E-state index in [1.807, 2.05) is 0 Å². The van der Waals surface area contributed by atoms with Gasteiger partial charge in [-0.25, -0.2) is 26.0 Å². The molecule has 0 saturated carbocycles. The van der Waals surface area contributed by atoms with E-state index in [0.29, 0.717) is 16.8 Å². The van der Waals surface area contributed by atoms with Crippen molar-refractivity contribution in [2.45, 2.75) is 25.2 Å². The van der Waals surface area contributed by atoms with Gasteiger partial charge < -0.3 is 14.7 Å². The number of ether oxygens (including phenoxy) is 1. The average molecular weight is 571 g/mol. The largest absolute Gasteiger partial charge is 0.483 e. The van der Waals surface area contributed by atoms with Crippen molar-refractivity contribution < 1.29 is 35.8 Å². The molecule has 0 amide bonds. The third-order valence-electron chi connectivity index (χ3n) is 6.25. The molecule has 210 valence electrons. The molecule has 1 atom stereocenters. The molecule has 0 radical (unpaired) electrons. The SMILES string of the molecule is CC(C)S(=O)(=O)N1CCN(c2cnn(-c3cc(F)cc(F)c3)c(=O)c2OCC(O)c2ccc(F)cc2F)CC1. The normalized spacial score (nSPS) is 15.5. The van der Waals surface area contributed by atoms with Crippen LogP contribution >= 0.6 is 0 Å². The molecule has 3 aromatic rings. The zero-order valence-electron chi connectivity index (χ0n) is 21.0. The van der Waals surface area contributed by atoms with Crippen molar-refractivity contribution in [2.24, 2.45) is 0 Å². The standard InChI is InChI=1S/C25H26F4N4O5S/c1-15(2)39(36,37)32-7-5-31(6-8-32)22-13-30-33(19-10-17(27)9-18(28)11-19)25(35)24(22)38-14-23(34)20-4-3-16(26)12-21(20)29/h3-4,9-13,15,23,34H,5-8,14H2,1-2H3. The molecule has 1 saturated heterocycles. The second-order valence-corrected chi connectivity index (χ2v) is 11.7. The molecule has 39 heavy (non-hydrogen) atoms. The first-order chi connectivity index (χ1) is 18.4. The zero-order valence-corrected chi connectivity index (χ0v) is 21.8. The lowest BCUT2D eigenvalue weighted by atomic mass is 10.1. The molecule has 1 fully saturated rings. The van der Waals surface area contributed by atoms with Crippen LogP contribution in [0.25, 0.3) is 5.69 Å².